The maximum absolute atomic E-state index is 12.2. The molecule has 4 N–H and O–H groups in total. The van der Waals surface area contributed by atoms with Gasteiger partial charge >= 0.3 is 0 Å². The lowest BCUT2D eigenvalue weighted by Crippen LogP contribution is -2.57. The Balaban J connectivity index is 2.78. The lowest BCUT2D eigenvalue weighted by Gasteiger charge is -2.31. The van der Waals surface area contributed by atoms with E-state index < -0.39 is 5.54 Å². The number of nitrogens with zero attached hydrogens (tertiary/aromatic N) is 1. The van der Waals surface area contributed by atoms with Crippen LogP contribution in [0, 0.1) is 0 Å². The van der Waals surface area contributed by atoms with Gasteiger partial charge in [0, 0.05) is 0 Å². The van der Waals surface area contributed by atoms with Gasteiger partial charge in [0.05, 0.1) is 13.5 Å². The molecule has 0 unspecified atom stereocenters. The van der Waals surface area contributed by atoms with Gasteiger partial charge in [-0.3, -0.25) is 4.79 Å². The summed E-state index contributed by atoms with van der Waals surface area (Å²) in [6.45, 7) is 3.77. The lowest BCUT2D eigenvalue weighted by molar-refractivity contribution is -0.121. The molecule has 116 valence electrons. The van der Waals surface area contributed by atoms with Crippen LogP contribution in [-0.4, -0.2) is 29.6 Å². The normalized spacial score (nSPS) is 12.0. The molecule has 0 heterocycles. The first-order chi connectivity index (χ1) is 10.0. The fourth-order valence-corrected chi connectivity index (χ4v) is 2.19. The van der Waals surface area contributed by atoms with Crippen LogP contribution in [0.3, 0.4) is 0 Å². The molecule has 0 aliphatic carbocycles. The SMILES string of the molecule is CCC(CC)(NC(=O)Cc1ccc(OC)cc1)/C(N)=N/O. The number of methoxy groups -OCH3 is 1. The van der Waals surface area contributed by atoms with Gasteiger partial charge in [-0.05, 0) is 30.5 Å². The number of rotatable bonds is 7. The predicted molar refractivity (Wildman–Crippen MR) is 81.6 cm³/mol. The number of amidine groups is 1. The maximum Gasteiger partial charge on any atom is 0.225 e. The second-order valence-electron chi connectivity index (χ2n) is 4.85. The van der Waals surface area contributed by atoms with E-state index in [1.54, 1.807) is 19.2 Å². The molecule has 0 aromatic heterocycles. The standard InChI is InChI=1S/C15H23N3O3/c1-4-15(5-2,14(16)18-20)17-13(19)10-11-6-8-12(21-3)9-7-11/h6-9,20H,4-5,10H2,1-3H3,(H2,16,18)(H,17,19). The molecule has 0 atom stereocenters. The average Bonchev–Trinajstić information content (AvgIpc) is 2.52. The highest BCUT2D eigenvalue weighted by molar-refractivity contribution is 5.94. The third-order valence-corrected chi connectivity index (χ3v) is 3.71. The molecule has 0 saturated carbocycles. The van der Waals surface area contributed by atoms with E-state index in [4.69, 9.17) is 15.7 Å². The highest BCUT2D eigenvalue weighted by atomic mass is 16.5. The Morgan fingerprint density at radius 1 is 1.33 bits per heavy atom. The Labute approximate surface area is 125 Å². The molecule has 6 heteroatoms. The zero-order chi connectivity index (χ0) is 15.9. The minimum absolute atomic E-state index is 0.0237. The fourth-order valence-electron chi connectivity index (χ4n) is 2.19. The number of hydrogen-bond acceptors (Lipinski definition) is 4. The second-order valence-corrected chi connectivity index (χ2v) is 4.85. The number of ether oxygens (including phenoxy) is 1. The van der Waals surface area contributed by atoms with Crippen molar-refractivity contribution in [3.63, 3.8) is 0 Å². The molecule has 6 nitrogen and oxygen atoms in total. The van der Waals surface area contributed by atoms with Gasteiger partial charge in [0.15, 0.2) is 5.84 Å². The van der Waals surface area contributed by atoms with Gasteiger partial charge in [-0.2, -0.15) is 0 Å². The summed E-state index contributed by atoms with van der Waals surface area (Å²) in [5.74, 6) is 0.596. The summed E-state index contributed by atoms with van der Waals surface area (Å²) >= 11 is 0. The van der Waals surface area contributed by atoms with Gasteiger partial charge in [0.25, 0.3) is 0 Å². The van der Waals surface area contributed by atoms with Crippen LogP contribution in [-0.2, 0) is 11.2 Å². The van der Waals surface area contributed by atoms with Gasteiger partial charge < -0.3 is 21.0 Å². The largest absolute Gasteiger partial charge is 0.497 e. The molecular weight excluding hydrogens is 270 g/mol. The molecule has 0 aliphatic rings. The monoisotopic (exact) mass is 293 g/mol. The van der Waals surface area contributed by atoms with Gasteiger partial charge in [-0.1, -0.05) is 31.1 Å². The number of amides is 1. The van der Waals surface area contributed by atoms with Crippen LogP contribution in [0.1, 0.15) is 32.3 Å². The van der Waals surface area contributed by atoms with E-state index in [1.165, 1.54) is 0 Å². The number of nitrogens with one attached hydrogen (secondary N) is 1. The second kappa shape index (κ2) is 7.52. The molecule has 1 aromatic rings. The van der Waals surface area contributed by atoms with E-state index in [-0.39, 0.29) is 18.2 Å². The van der Waals surface area contributed by atoms with Crippen molar-refractivity contribution in [3.8, 4) is 5.75 Å². The zero-order valence-electron chi connectivity index (χ0n) is 12.7. The summed E-state index contributed by atoms with van der Waals surface area (Å²) in [7, 11) is 1.59. The molecule has 1 rings (SSSR count). The van der Waals surface area contributed by atoms with Crippen molar-refractivity contribution >= 4 is 11.7 Å². The van der Waals surface area contributed by atoms with Crippen LogP contribution >= 0.6 is 0 Å². The summed E-state index contributed by atoms with van der Waals surface area (Å²) in [4.78, 5) is 12.2. The van der Waals surface area contributed by atoms with E-state index in [2.05, 4.69) is 10.5 Å². The highest BCUT2D eigenvalue weighted by Gasteiger charge is 2.33. The minimum Gasteiger partial charge on any atom is -0.497 e. The maximum atomic E-state index is 12.2. The van der Waals surface area contributed by atoms with Crippen molar-refractivity contribution in [2.24, 2.45) is 10.9 Å². The molecule has 0 saturated heterocycles. The molecule has 1 aromatic carbocycles. The van der Waals surface area contributed by atoms with Crippen LogP contribution in [0.15, 0.2) is 29.4 Å². The molecule has 0 bridgehead atoms. The Hall–Kier alpha value is -2.24. The highest BCUT2D eigenvalue weighted by Crippen LogP contribution is 2.17. The first kappa shape index (κ1) is 16.8. The van der Waals surface area contributed by atoms with Crippen molar-refractivity contribution in [1.82, 2.24) is 5.32 Å². The van der Waals surface area contributed by atoms with Crippen LogP contribution in [0.25, 0.3) is 0 Å². The molecule has 0 aliphatic heterocycles. The van der Waals surface area contributed by atoms with E-state index in [0.29, 0.717) is 12.8 Å². The van der Waals surface area contributed by atoms with Crippen molar-refractivity contribution < 1.29 is 14.7 Å². The predicted octanol–water partition coefficient (Wildman–Crippen LogP) is 1.66. The Bertz CT molecular complexity index is 493. The van der Waals surface area contributed by atoms with Gasteiger partial charge in [0.2, 0.25) is 5.91 Å². The molecule has 0 radical (unpaired) electrons. The van der Waals surface area contributed by atoms with Crippen molar-refractivity contribution in [2.45, 2.75) is 38.6 Å². The molecule has 1 amide bonds. The lowest BCUT2D eigenvalue weighted by atomic mass is 9.91. The van der Waals surface area contributed by atoms with Crippen LogP contribution < -0.4 is 15.8 Å². The first-order valence-corrected chi connectivity index (χ1v) is 6.93. The number of benzene rings is 1. The smallest absolute Gasteiger partial charge is 0.225 e. The first-order valence-electron chi connectivity index (χ1n) is 6.93. The third kappa shape index (κ3) is 4.11. The summed E-state index contributed by atoms with van der Waals surface area (Å²) in [6.07, 6.45) is 1.33. The Kier molecular flexibility index (Phi) is 6.02. The van der Waals surface area contributed by atoms with E-state index in [9.17, 15) is 4.79 Å². The number of nitrogens with two attached hydrogens (primary N) is 1. The van der Waals surface area contributed by atoms with Crippen LogP contribution in [0.2, 0.25) is 0 Å². The Morgan fingerprint density at radius 2 is 1.90 bits per heavy atom. The number of hydrogen-bond donors (Lipinski definition) is 3. The topological polar surface area (TPSA) is 96.9 Å². The summed E-state index contributed by atoms with van der Waals surface area (Å²) in [5, 5.41) is 14.8. The number of oxime groups is 1. The molecule has 0 fully saturated rings. The number of carbonyl (C=O) groups is 1. The summed E-state index contributed by atoms with van der Waals surface area (Å²) < 4.78 is 5.07. The van der Waals surface area contributed by atoms with Crippen LogP contribution in [0.5, 0.6) is 5.75 Å². The molecule has 21 heavy (non-hydrogen) atoms. The number of carbonyl (C=O) groups excluding carboxylic acids is 1. The quantitative estimate of drug-likeness (QED) is 0.308. The van der Waals surface area contributed by atoms with Gasteiger partial charge in [0.1, 0.15) is 11.3 Å². The van der Waals surface area contributed by atoms with Gasteiger partial charge in [-0.25, -0.2) is 0 Å². The van der Waals surface area contributed by atoms with Crippen LogP contribution in [0.4, 0.5) is 0 Å². The van der Waals surface area contributed by atoms with Crippen molar-refractivity contribution in [3.05, 3.63) is 29.8 Å². The minimum atomic E-state index is -0.807. The fraction of sp³-hybridized carbons (Fsp3) is 0.467. The summed E-state index contributed by atoms with van der Waals surface area (Å²) in [5.41, 5.74) is 5.78. The zero-order valence-corrected chi connectivity index (χ0v) is 12.7. The van der Waals surface area contributed by atoms with E-state index in [1.807, 2.05) is 26.0 Å². The van der Waals surface area contributed by atoms with Crippen molar-refractivity contribution in [1.29, 1.82) is 0 Å². The van der Waals surface area contributed by atoms with Gasteiger partial charge in [-0.15, -0.1) is 0 Å². The Morgan fingerprint density at radius 3 is 2.33 bits per heavy atom. The van der Waals surface area contributed by atoms with E-state index in [0.717, 1.165) is 11.3 Å². The van der Waals surface area contributed by atoms with Crippen molar-refractivity contribution in [2.75, 3.05) is 7.11 Å². The molecule has 0 spiro atoms. The summed E-state index contributed by atoms with van der Waals surface area (Å²) in [6, 6.07) is 7.28. The molecular formula is C15H23N3O3. The average molecular weight is 293 g/mol. The third-order valence-electron chi connectivity index (χ3n) is 3.71. The van der Waals surface area contributed by atoms with E-state index >= 15 is 0 Å².